The van der Waals surface area contributed by atoms with Crippen molar-refractivity contribution < 1.29 is 4.39 Å². The highest BCUT2D eigenvalue weighted by atomic mass is 19.1. The first-order valence-electron chi connectivity index (χ1n) is 18.1. The van der Waals surface area contributed by atoms with E-state index >= 15 is 0 Å². The van der Waals surface area contributed by atoms with Gasteiger partial charge in [-0.2, -0.15) is 0 Å². The minimum Gasteiger partial charge on any atom is -0.346 e. The Morgan fingerprint density at radius 3 is 2.04 bits per heavy atom. The van der Waals surface area contributed by atoms with Gasteiger partial charge in [0.15, 0.2) is 0 Å². The molecule has 1 fully saturated rings. The molecule has 0 amide bonds. The molecule has 0 atom stereocenters. The van der Waals surface area contributed by atoms with Crippen molar-refractivity contribution in [1.82, 2.24) is 15.6 Å². The Kier molecular flexibility index (Phi) is 32.3. The van der Waals surface area contributed by atoms with Crippen molar-refractivity contribution in [2.75, 3.05) is 7.05 Å². The maximum atomic E-state index is 13.1. The molecule has 0 unspecified atom stereocenters. The van der Waals surface area contributed by atoms with E-state index in [-0.39, 0.29) is 5.41 Å². The fourth-order valence-corrected chi connectivity index (χ4v) is 4.24. The molecule has 0 aromatic carbocycles. The monoisotopic (exact) mass is 677 g/mol. The number of rotatable bonds is 15. The molecule has 49 heavy (non-hydrogen) atoms. The molecule has 0 bridgehead atoms. The number of halogens is 1. The summed E-state index contributed by atoms with van der Waals surface area (Å²) in [6, 6.07) is 4.96. The molecule has 1 saturated carbocycles. The molecule has 0 radical (unpaired) electrons. The van der Waals surface area contributed by atoms with Crippen LogP contribution in [0.5, 0.6) is 0 Å². The zero-order valence-corrected chi connectivity index (χ0v) is 33.5. The number of nitrogens with one attached hydrogen (secondary N) is 2. The summed E-state index contributed by atoms with van der Waals surface area (Å²) in [6.45, 7) is 30.8. The van der Waals surface area contributed by atoms with Crippen molar-refractivity contribution in [2.45, 2.75) is 139 Å². The van der Waals surface area contributed by atoms with Gasteiger partial charge in [-0.05, 0) is 87.8 Å². The van der Waals surface area contributed by atoms with E-state index in [2.05, 4.69) is 114 Å². The van der Waals surface area contributed by atoms with Crippen LogP contribution in [0.15, 0.2) is 95.7 Å². The zero-order chi connectivity index (χ0) is 38.3. The molecule has 2 N–H and O–H groups in total. The zero-order valence-electron chi connectivity index (χ0n) is 33.5. The number of hydrogen-bond donors (Lipinski definition) is 2. The maximum Gasteiger partial charge on any atom is 0.140 e. The van der Waals surface area contributed by atoms with Gasteiger partial charge in [0, 0.05) is 29.0 Å². The van der Waals surface area contributed by atoms with E-state index in [1.807, 2.05) is 58.3 Å². The van der Waals surface area contributed by atoms with Gasteiger partial charge in [0.05, 0.1) is 12.5 Å². The second-order valence-electron chi connectivity index (χ2n) is 13.6. The summed E-state index contributed by atoms with van der Waals surface area (Å²) >= 11 is 0. The molecule has 5 heteroatoms. The molecule has 1 aromatic rings. The second kappa shape index (κ2) is 31.8. The number of unbranched alkanes of at least 4 members (excludes halogenated alkanes) is 4. The first-order chi connectivity index (χ1) is 23.2. The molecule has 2 rings (SSSR count). The van der Waals surface area contributed by atoms with Gasteiger partial charge in [-0.3, -0.25) is 4.98 Å². The minimum absolute atomic E-state index is 0.158. The highest BCUT2D eigenvalue weighted by Crippen LogP contribution is 2.25. The molecule has 1 heterocycles. The van der Waals surface area contributed by atoms with Crippen LogP contribution in [0.3, 0.4) is 0 Å². The second-order valence-corrected chi connectivity index (χ2v) is 13.6. The Hall–Kier alpha value is -3.49. The van der Waals surface area contributed by atoms with Gasteiger partial charge in [0.25, 0.3) is 0 Å². The lowest BCUT2D eigenvalue weighted by Gasteiger charge is -2.31. The van der Waals surface area contributed by atoms with Crippen molar-refractivity contribution in [1.29, 1.82) is 0 Å². The average Bonchev–Trinajstić information content (AvgIpc) is 3.07. The molecular weight excluding hydrogens is 604 g/mol. The standard InChI is InChI=1S/C25H32FN3.C7H16.C6H13N.C4H10.C2H2/c1-8-11-19(4)20(5)23(29-18-27-17-22(26)9-2)14-12-21-13-15-24(28-16-21)25(6,7)10-3;1-3-5-7-6-4-2;1-5-3-6(4-5)7-2;1-4(2)3;1-2/h8-11,13-18H,2-3,12H2,1,4-7H3,(H,27,29);3-7H2,1-2H3;5-7H,3-4H2,1-2H3;4H,1-3H3;1-2H/b11-8-,20-19+,22-17-,23-14+;;;;. The van der Waals surface area contributed by atoms with E-state index in [1.54, 1.807) is 0 Å². The van der Waals surface area contributed by atoms with Crippen molar-refractivity contribution in [3.05, 3.63) is 102 Å². The van der Waals surface area contributed by atoms with E-state index in [0.29, 0.717) is 6.42 Å². The molecule has 1 aromatic heterocycles. The Morgan fingerprint density at radius 1 is 1.08 bits per heavy atom. The fourth-order valence-electron chi connectivity index (χ4n) is 4.24. The fraction of sp³-hybridized carbons (Fsp3) is 0.545. The molecule has 1 aliphatic rings. The van der Waals surface area contributed by atoms with Crippen LogP contribution in [0.2, 0.25) is 0 Å². The van der Waals surface area contributed by atoms with E-state index in [9.17, 15) is 4.39 Å². The number of pyridine rings is 1. The van der Waals surface area contributed by atoms with Crippen LogP contribution in [0.25, 0.3) is 0 Å². The highest BCUT2D eigenvalue weighted by molar-refractivity contribution is 5.61. The molecule has 4 nitrogen and oxygen atoms in total. The Bertz CT molecular complexity index is 1150. The highest BCUT2D eigenvalue weighted by Gasteiger charge is 2.22. The number of allylic oxidation sites excluding steroid dienone is 8. The van der Waals surface area contributed by atoms with E-state index in [1.165, 1.54) is 51.3 Å². The Balaban J connectivity index is -0.000000850. The lowest BCUT2D eigenvalue weighted by molar-refractivity contribution is 0.254. The first-order valence-corrected chi connectivity index (χ1v) is 18.1. The van der Waals surface area contributed by atoms with Crippen molar-refractivity contribution in [2.24, 2.45) is 16.8 Å². The SMILES string of the molecule is C#C.C=C/C(F)=C/N=CNC(=C/Cc1ccc(C(C)(C)C=C)nc1)/C(C)=C(C)/C=C\C.CC(C)C.CCCCCCC.CNC1CC(C)C1. The molecular formula is C44H73FN4. The van der Waals surface area contributed by atoms with E-state index in [4.69, 9.17) is 0 Å². The largest absolute Gasteiger partial charge is 0.346 e. The van der Waals surface area contributed by atoms with Crippen LogP contribution < -0.4 is 10.6 Å². The third-order valence-electron chi connectivity index (χ3n) is 7.63. The van der Waals surface area contributed by atoms with Gasteiger partial charge in [-0.15, -0.1) is 19.4 Å². The predicted molar refractivity (Wildman–Crippen MR) is 220 cm³/mol. The van der Waals surface area contributed by atoms with E-state index < -0.39 is 5.83 Å². The number of nitrogens with zero attached hydrogens (tertiary/aromatic N) is 2. The van der Waals surface area contributed by atoms with Crippen LogP contribution in [0, 0.1) is 24.7 Å². The lowest BCUT2D eigenvalue weighted by Crippen LogP contribution is -2.37. The predicted octanol–water partition coefficient (Wildman–Crippen LogP) is 12.4. The molecule has 0 spiro atoms. The van der Waals surface area contributed by atoms with Crippen molar-refractivity contribution in [3.8, 4) is 12.8 Å². The van der Waals surface area contributed by atoms with Gasteiger partial charge in [-0.1, -0.05) is 124 Å². The van der Waals surface area contributed by atoms with Crippen LogP contribution in [-0.4, -0.2) is 24.4 Å². The minimum atomic E-state index is -0.487. The maximum absolute atomic E-state index is 13.1. The lowest BCUT2D eigenvalue weighted by atomic mass is 9.82. The Labute approximate surface area is 303 Å². The van der Waals surface area contributed by atoms with Crippen molar-refractivity contribution >= 4 is 6.34 Å². The molecule has 0 aliphatic heterocycles. The summed E-state index contributed by atoms with van der Waals surface area (Å²) in [5, 5.41) is 6.38. The van der Waals surface area contributed by atoms with Gasteiger partial charge in [0.2, 0.25) is 0 Å². The third kappa shape index (κ3) is 27.1. The smallest absolute Gasteiger partial charge is 0.140 e. The number of terminal acetylenes is 1. The summed E-state index contributed by atoms with van der Waals surface area (Å²) in [7, 11) is 2.04. The first kappa shape index (κ1) is 49.9. The average molecular weight is 677 g/mol. The van der Waals surface area contributed by atoms with E-state index in [0.717, 1.165) is 58.3 Å². The number of aromatic nitrogens is 1. The summed E-state index contributed by atoms with van der Waals surface area (Å²) in [5.41, 5.74) is 5.05. The quantitative estimate of drug-likeness (QED) is 0.0485. The van der Waals surface area contributed by atoms with Crippen LogP contribution in [0.1, 0.15) is 132 Å². The molecule has 1 aliphatic carbocycles. The summed E-state index contributed by atoms with van der Waals surface area (Å²) < 4.78 is 13.1. The van der Waals surface area contributed by atoms with Gasteiger partial charge in [-0.25, -0.2) is 9.38 Å². The molecule has 276 valence electrons. The van der Waals surface area contributed by atoms with Gasteiger partial charge >= 0.3 is 0 Å². The topological polar surface area (TPSA) is 49.3 Å². The molecule has 0 saturated heterocycles. The summed E-state index contributed by atoms with van der Waals surface area (Å²) in [5.74, 6) is 1.33. The van der Waals surface area contributed by atoms with Crippen LogP contribution in [0.4, 0.5) is 4.39 Å². The summed E-state index contributed by atoms with van der Waals surface area (Å²) in [4.78, 5) is 8.51. The van der Waals surface area contributed by atoms with Crippen LogP contribution in [-0.2, 0) is 11.8 Å². The Morgan fingerprint density at radius 2 is 1.65 bits per heavy atom. The summed E-state index contributed by atoms with van der Waals surface area (Å²) in [6.07, 6.45) is 32.1. The number of hydrogen-bond acceptors (Lipinski definition) is 3. The van der Waals surface area contributed by atoms with Gasteiger partial charge < -0.3 is 10.6 Å². The normalized spacial score (nSPS) is 16.3. The third-order valence-corrected chi connectivity index (χ3v) is 7.63. The van der Waals surface area contributed by atoms with Gasteiger partial charge in [0.1, 0.15) is 5.83 Å². The number of aliphatic imine (C=N–C) groups is 1. The van der Waals surface area contributed by atoms with Crippen LogP contribution >= 0.6 is 0 Å². The van der Waals surface area contributed by atoms with Crippen molar-refractivity contribution in [3.63, 3.8) is 0 Å².